The number of hydrogen-bond donors (Lipinski definition) is 4. The van der Waals surface area contributed by atoms with Gasteiger partial charge in [0.2, 0.25) is 5.91 Å². The van der Waals surface area contributed by atoms with Crippen LogP contribution in [0.1, 0.15) is 10.5 Å². The summed E-state index contributed by atoms with van der Waals surface area (Å²) in [7, 11) is -4.00. The number of sulfonamides is 1. The number of nitrogens with one attached hydrogen (secondary N) is 2. The molecular formula is C12H11N3O6S2. The molecule has 0 radical (unpaired) electrons. The highest BCUT2D eigenvalue weighted by Crippen LogP contribution is 2.24. The van der Waals surface area contributed by atoms with Gasteiger partial charge >= 0.3 is 5.97 Å². The van der Waals surface area contributed by atoms with Gasteiger partial charge in [0.1, 0.15) is 11.6 Å². The van der Waals surface area contributed by atoms with Crippen molar-refractivity contribution in [3.05, 3.63) is 35.5 Å². The summed E-state index contributed by atoms with van der Waals surface area (Å²) in [6.07, 6.45) is 0. The maximum atomic E-state index is 12.2. The third kappa shape index (κ3) is 4.03. The summed E-state index contributed by atoms with van der Waals surface area (Å²) in [5.41, 5.74) is 1.15. The molecule has 1 heterocycles. The van der Waals surface area contributed by atoms with Gasteiger partial charge in [-0.05, 0) is 24.3 Å². The summed E-state index contributed by atoms with van der Waals surface area (Å²) in [6.45, 7) is -0.690. The van der Waals surface area contributed by atoms with E-state index in [0.29, 0.717) is 5.69 Å². The molecule has 9 nitrogen and oxygen atoms in total. The van der Waals surface area contributed by atoms with Gasteiger partial charge in [-0.15, -0.1) is 11.3 Å². The van der Waals surface area contributed by atoms with Crippen LogP contribution in [-0.2, 0) is 14.8 Å². The van der Waals surface area contributed by atoms with Gasteiger partial charge in [-0.25, -0.2) is 18.2 Å². The van der Waals surface area contributed by atoms with Crippen molar-refractivity contribution in [2.75, 3.05) is 16.6 Å². The fourth-order valence-electron chi connectivity index (χ4n) is 1.57. The molecule has 0 aliphatic rings. The van der Waals surface area contributed by atoms with Crippen molar-refractivity contribution in [2.24, 2.45) is 0 Å². The molecule has 0 bridgehead atoms. The quantitative estimate of drug-likeness (QED) is 0.591. The van der Waals surface area contributed by atoms with Crippen LogP contribution in [-0.4, -0.2) is 42.1 Å². The van der Waals surface area contributed by atoms with Gasteiger partial charge in [-0.1, -0.05) is 0 Å². The van der Waals surface area contributed by atoms with Crippen molar-refractivity contribution in [3.63, 3.8) is 0 Å². The largest absolute Gasteiger partial charge is 0.476 e. The number of carbonyl (C=O) groups is 2. The first kappa shape index (κ1) is 16.9. The first-order valence-corrected chi connectivity index (χ1v) is 8.40. The number of aliphatic hydroxyl groups is 1. The molecule has 0 aliphatic carbocycles. The van der Waals surface area contributed by atoms with E-state index < -0.39 is 28.5 Å². The number of aromatic carboxylic acids is 1. The lowest BCUT2D eigenvalue weighted by atomic mass is 10.3. The molecule has 0 spiro atoms. The monoisotopic (exact) mass is 357 g/mol. The highest BCUT2D eigenvalue weighted by Gasteiger charge is 2.20. The molecule has 0 aliphatic heterocycles. The van der Waals surface area contributed by atoms with Crippen LogP contribution in [0.15, 0.2) is 34.7 Å². The second kappa shape index (κ2) is 6.73. The van der Waals surface area contributed by atoms with E-state index in [0.717, 1.165) is 11.3 Å². The lowest BCUT2D eigenvalue weighted by Gasteiger charge is -2.08. The van der Waals surface area contributed by atoms with Gasteiger partial charge in [0.05, 0.1) is 10.4 Å². The number of carboxylic acid groups (broad SMARTS) is 1. The molecule has 1 aromatic carbocycles. The van der Waals surface area contributed by atoms with Gasteiger partial charge < -0.3 is 15.5 Å². The predicted molar refractivity (Wildman–Crippen MR) is 82.0 cm³/mol. The smallest absolute Gasteiger partial charge is 0.357 e. The van der Waals surface area contributed by atoms with Crippen LogP contribution in [0.5, 0.6) is 0 Å². The Morgan fingerprint density at radius 1 is 1.22 bits per heavy atom. The molecule has 0 saturated carbocycles. The van der Waals surface area contributed by atoms with Crippen LogP contribution in [0.25, 0.3) is 0 Å². The number of aliphatic hydroxyl groups excluding tert-OH is 1. The van der Waals surface area contributed by atoms with Crippen molar-refractivity contribution in [2.45, 2.75) is 4.90 Å². The summed E-state index contributed by atoms with van der Waals surface area (Å²) in [5.74, 6) is -1.97. The van der Waals surface area contributed by atoms with Crippen LogP contribution in [0.2, 0.25) is 0 Å². The van der Waals surface area contributed by atoms with Gasteiger partial charge in [0.25, 0.3) is 10.0 Å². The van der Waals surface area contributed by atoms with E-state index >= 15 is 0 Å². The van der Waals surface area contributed by atoms with Crippen LogP contribution in [0.3, 0.4) is 0 Å². The number of amides is 1. The molecule has 1 aromatic heterocycles. The summed E-state index contributed by atoms with van der Waals surface area (Å²) < 4.78 is 26.6. The van der Waals surface area contributed by atoms with Crippen molar-refractivity contribution in [1.82, 2.24) is 4.98 Å². The number of thiazole rings is 1. The Balaban J connectivity index is 2.21. The molecular weight excluding hydrogens is 346 g/mol. The maximum Gasteiger partial charge on any atom is 0.357 e. The lowest BCUT2D eigenvalue weighted by molar-refractivity contribution is -0.118. The summed E-state index contributed by atoms with van der Waals surface area (Å²) in [5, 5.41) is 19.8. The highest BCUT2D eigenvalue weighted by molar-refractivity contribution is 7.93. The molecule has 4 N–H and O–H groups in total. The molecule has 0 unspecified atom stereocenters. The zero-order chi connectivity index (χ0) is 17.0. The molecule has 2 aromatic rings. The molecule has 122 valence electrons. The number of nitrogens with zero attached hydrogens (tertiary/aromatic N) is 1. The normalized spacial score (nSPS) is 11.0. The van der Waals surface area contributed by atoms with E-state index in [1.807, 2.05) is 0 Å². The molecule has 11 heteroatoms. The zero-order valence-corrected chi connectivity index (χ0v) is 13.0. The Morgan fingerprint density at radius 3 is 2.43 bits per heavy atom. The van der Waals surface area contributed by atoms with Crippen LogP contribution >= 0.6 is 11.3 Å². The Kier molecular flexibility index (Phi) is 4.93. The SMILES string of the molecule is O=C(CO)Nc1ccc(S(=O)(=O)Nc2scnc2C(=O)O)cc1. The number of rotatable bonds is 6. The Labute approximate surface area is 134 Å². The first-order chi connectivity index (χ1) is 10.8. The van der Waals surface area contributed by atoms with Gasteiger partial charge in [0, 0.05) is 5.69 Å². The Bertz CT molecular complexity index is 829. The molecule has 0 saturated heterocycles. The average molecular weight is 357 g/mol. The highest BCUT2D eigenvalue weighted by atomic mass is 32.2. The van der Waals surface area contributed by atoms with Crippen LogP contribution in [0.4, 0.5) is 10.7 Å². The van der Waals surface area contributed by atoms with E-state index in [4.69, 9.17) is 10.2 Å². The Hall–Kier alpha value is -2.50. The maximum absolute atomic E-state index is 12.2. The number of benzene rings is 1. The average Bonchev–Trinajstić information content (AvgIpc) is 2.95. The molecule has 1 amide bonds. The predicted octanol–water partition coefficient (Wildman–Crippen LogP) is 0.573. The number of carbonyl (C=O) groups excluding carboxylic acids is 1. The topological polar surface area (TPSA) is 146 Å². The van der Waals surface area contributed by atoms with Gasteiger partial charge in [0.15, 0.2) is 5.69 Å². The third-order valence-electron chi connectivity index (χ3n) is 2.59. The summed E-state index contributed by atoms with van der Waals surface area (Å²) in [4.78, 5) is 25.4. The van der Waals surface area contributed by atoms with Crippen molar-refractivity contribution < 1.29 is 28.2 Å². The van der Waals surface area contributed by atoms with Gasteiger partial charge in [-0.2, -0.15) is 0 Å². The van der Waals surface area contributed by atoms with Crippen molar-refractivity contribution in [3.8, 4) is 0 Å². The number of aromatic nitrogens is 1. The van der Waals surface area contributed by atoms with E-state index in [1.54, 1.807) is 0 Å². The van der Waals surface area contributed by atoms with E-state index in [9.17, 15) is 18.0 Å². The number of carboxylic acids is 1. The molecule has 23 heavy (non-hydrogen) atoms. The zero-order valence-electron chi connectivity index (χ0n) is 11.4. The minimum Gasteiger partial charge on any atom is -0.476 e. The number of hydrogen-bond acceptors (Lipinski definition) is 7. The van der Waals surface area contributed by atoms with Crippen molar-refractivity contribution in [1.29, 1.82) is 0 Å². The van der Waals surface area contributed by atoms with Crippen LogP contribution < -0.4 is 10.0 Å². The van der Waals surface area contributed by atoms with Crippen LogP contribution in [0, 0.1) is 0 Å². The fourth-order valence-corrected chi connectivity index (χ4v) is 3.56. The standard InChI is InChI=1S/C12H11N3O6S2/c16-5-9(17)14-7-1-3-8(4-2-7)23(20,21)15-11-10(12(18)19)13-6-22-11/h1-4,6,15-16H,5H2,(H,14,17)(H,18,19). The second-order valence-corrected chi connectivity index (χ2v) is 6.71. The van der Waals surface area contributed by atoms with E-state index in [1.165, 1.54) is 29.8 Å². The number of anilines is 2. The molecule has 2 rings (SSSR count). The minimum atomic E-state index is -4.00. The first-order valence-electron chi connectivity index (χ1n) is 6.04. The minimum absolute atomic E-state index is 0.102. The van der Waals surface area contributed by atoms with E-state index in [-0.39, 0.29) is 15.6 Å². The molecule has 0 fully saturated rings. The van der Waals surface area contributed by atoms with E-state index in [2.05, 4.69) is 15.0 Å². The van der Waals surface area contributed by atoms with Gasteiger partial charge in [-0.3, -0.25) is 9.52 Å². The lowest BCUT2D eigenvalue weighted by Crippen LogP contribution is -2.16. The fraction of sp³-hybridized carbons (Fsp3) is 0.0833. The molecule has 0 atom stereocenters. The summed E-state index contributed by atoms with van der Waals surface area (Å²) in [6, 6.07) is 5.15. The second-order valence-electron chi connectivity index (χ2n) is 4.17. The summed E-state index contributed by atoms with van der Waals surface area (Å²) >= 11 is 0.847. The van der Waals surface area contributed by atoms with Crippen molar-refractivity contribution >= 4 is 43.9 Å². The Morgan fingerprint density at radius 2 is 1.87 bits per heavy atom. The third-order valence-corrected chi connectivity index (χ3v) is 4.83.